The Bertz CT molecular complexity index is 529. The van der Waals surface area contributed by atoms with E-state index in [9.17, 15) is 9.59 Å². The highest BCUT2D eigenvalue weighted by molar-refractivity contribution is 9.10. The maximum atomic E-state index is 11.9. The van der Waals surface area contributed by atoms with Gasteiger partial charge in [-0.3, -0.25) is 0 Å². The highest BCUT2D eigenvalue weighted by Crippen LogP contribution is 2.24. The van der Waals surface area contributed by atoms with Gasteiger partial charge in [0.1, 0.15) is 0 Å². The van der Waals surface area contributed by atoms with Gasteiger partial charge in [0, 0.05) is 18.1 Å². The molecule has 19 heavy (non-hydrogen) atoms. The molecule has 0 aliphatic carbocycles. The lowest BCUT2D eigenvalue weighted by molar-refractivity contribution is 0.0697. The first-order valence-electron chi connectivity index (χ1n) is 5.50. The fourth-order valence-corrected chi connectivity index (χ4v) is 1.79. The summed E-state index contributed by atoms with van der Waals surface area (Å²) < 4.78 is 0.620. The van der Waals surface area contributed by atoms with Crippen molar-refractivity contribution in [3.8, 4) is 0 Å². The van der Waals surface area contributed by atoms with Crippen molar-refractivity contribution in [1.29, 1.82) is 0 Å². The number of hydrogen-bond donors (Lipinski definition) is 2. The quantitative estimate of drug-likeness (QED) is 0.835. The van der Waals surface area contributed by atoms with Crippen LogP contribution in [0, 0.1) is 0 Å². The van der Waals surface area contributed by atoms with E-state index in [2.05, 4.69) is 27.8 Å². The number of rotatable bonds is 4. The SMILES string of the molecule is C=C(C)CN(C)C(=O)Nc1cc(C(=O)O)ccc1Br. The Labute approximate surface area is 120 Å². The standard InChI is InChI=1S/C13H15BrN2O3/c1-8(2)7-16(3)13(19)15-11-6-9(12(17)18)4-5-10(11)14/h4-6H,1,7H2,2-3H3,(H,15,19)(H,17,18). The number of amides is 2. The predicted molar refractivity (Wildman–Crippen MR) is 77.6 cm³/mol. The van der Waals surface area contributed by atoms with Crippen LogP contribution in [0.2, 0.25) is 0 Å². The van der Waals surface area contributed by atoms with Gasteiger partial charge in [-0.15, -0.1) is 0 Å². The number of hydrogen-bond acceptors (Lipinski definition) is 2. The number of carboxylic acid groups (broad SMARTS) is 1. The van der Waals surface area contributed by atoms with Gasteiger partial charge in [-0.1, -0.05) is 12.2 Å². The van der Waals surface area contributed by atoms with Crippen molar-refractivity contribution in [2.45, 2.75) is 6.92 Å². The van der Waals surface area contributed by atoms with Crippen molar-refractivity contribution in [1.82, 2.24) is 4.90 Å². The van der Waals surface area contributed by atoms with Crippen LogP contribution in [0.25, 0.3) is 0 Å². The van der Waals surface area contributed by atoms with E-state index in [4.69, 9.17) is 5.11 Å². The molecule has 0 fully saturated rings. The highest BCUT2D eigenvalue weighted by atomic mass is 79.9. The van der Waals surface area contributed by atoms with E-state index < -0.39 is 5.97 Å². The molecule has 0 spiro atoms. The van der Waals surface area contributed by atoms with E-state index in [0.717, 1.165) is 5.57 Å². The minimum absolute atomic E-state index is 0.112. The Kier molecular flexibility index (Phi) is 5.11. The molecular formula is C13H15BrN2O3. The predicted octanol–water partition coefficient (Wildman–Crippen LogP) is 3.19. The second-order valence-corrected chi connectivity index (χ2v) is 5.10. The summed E-state index contributed by atoms with van der Waals surface area (Å²) in [5.41, 5.74) is 1.38. The Morgan fingerprint density at radius 2 is 2.11 bits per heavy atom. The first-order valence-corrected chi connectivity index (χ1v) is 6.30. The van der Waals surface area contributed by atoms with Crippen LogP contribution in [0.1, 0.15) is 17.3 Å². The zero-order chi connectivity index (χ0) is 14.6. The van der Waals surface area contributed by atoms with Gasteiger partial charge in [0.25, 0.3) is 0 Å². The van der Waals surface area contributed by atoms with Crippen LogP contribution < -0.4 is 5.32 Å². The number of likely N-dealkylation sites (N-methyl/N-ethyl adjacent to an activating group) is 1. The molecule has 102 valence electrons. The summed E-state index contributed by atoms with van der Waals surface area (Å²) in [6.07, 6.45) is 0. The molecule has 0 saturated heterocycles. The fraction of sp³-hybridized carbons (Fsp3) is 0.231. The second kappa shape index (κ2) is 6.38. The number of anilines is 1. The summed E-state index contributed by atoms with van der Waals surface area (Å²) in [4.78, 5) is 24.2. The number of aromatic carboxylic acids is 1. The van der Waals surface area contributed by atoms with E-state index in [1.165, 1.54) is 17.0 Å². The average molecular weight is 327 g/mol. The summed E-state index contributed by atoms with van der Waals surface area (Å²) in [6, 6.07) is 4.11. The Morgan fingerprint density at radius 1 is 1.47 bits per heavy atom. The second-order valence-electron chi connectivity index (χ2n) is 4.24. The minimum Gasteiger partial charge on any atom is -0.478 e. The molecule has 2 N–H and O–H groups in total. The number of urea groups is 1. The molecule has 0 aliphatic rings. The molecule has 6 heteroatoms. The summed E-state index contributed by atoms with van der Waals surface area (Å²) >= 11 is 3.26. The van der Waals surface area contributed by atoms with Crippen molar-refractivity contribution in [3.63, 3.8) is 0 Å². The van der Waals surface area contributed by atoms with E-state index >= 15 is 0 Å². The van der Waals surface area contributed by atoms with Crippen molar-refractivity contribution >= 4 is 33.6 Å². The number of nitrogens with one attached hydrogen (secondary N) is 1. The van der Waals surface area contributed by atoms with Crippen LogP contribution in [0.4, 0.5) is 10.5 Å². The lowest BCUT2D eigenvalue weighted by atomic mass is 10.2. The number of carbonyl (C=O) groups excluding carboxylic acids is 1. The molecule has 1 aromatic carbocycles. The number of carboxylic acids is 1. The zero-order valence-electron chi connectivity index (χ0n) is 10.7. The molecule has 0 radical (unpaired) electrons. The maximum absolute atomic E-state index is 11.9. The molecule has 0 saturated carbocycles. The van der Waals surface area contributed by atoms with E-state index in [0.29, 0.717) is 16.7 Å². The average Bonchev–Trinajstić information content (AvgIpc) is 2.30. The van der Waals surface area contributed by atoms with Gasteiger partial charge in [-0.2, -0.15) is 0 Å². The Morgan fingerprint density at radius 3 is 2.63 bits per heavy atom. The summed E-state index contributed by atoms with van der Waals surface area (Å²) in [5, 5.41) is 11.6. The lowest BCUT2D eigenvalue weighted by Crippen LogP contribution is -2.32. The van der Waals surface area contributed by atoms with Crippen LogP contribution in [-0.4, -0.2) is 35.6 Å². The molecule has 1 aromatic rings. The van der Waals surface area contributed by atoms with Gasteiger partial charge < -0.3 is 15.3 Å². The van der Waals surface area contributed by atoms with Crippen molar-refractivity contribution < 1.29 is 14.7 Å². The summed E-state index contributed by atoms with van der Waals surface area (Å²) in [7, 11) is 1.64. The van der Waals surface area contributed by atoms with Crippen molar-refractivity contribution in [3.05, 3.63) is 40.4 Å². The zero-order valence-corrected chi connectivity index (χ0v) is 12.3. The van der Waals surface area contributed by atoms with Gasteiger partial charge in [0.05, 0.1) is 11.3 Å². The Hall–Kier alpha value is -1.82. The molecule has 0 aromatic heterocycles. The third-order valence-corrected chi connectivity index (χ3v) is 3.00. The van der Waals surface area contributed by atoms with Crippen LogP contribution in [0.5, 0.6) is 0 Å². The minimum atomic E-state index is -1.04. The molecule has 0 heterocycles. The van der Waals surface area contributed by atoms with Crippen molar-refractivity contribution in [2.24, 2.45) is 0 Å². The third kappa shape index (κ3) is 4.40. The van der Waals surface area contributed by atoms with Crippen LogP contribution >= 0.6 is 15.9 Å². The third-order valence-electron chi connectivity index (χ3n) is 2.31. The summed E-state index contributed by atoms with van der Waals surface area (Å²) in [6.45, 7) is 5.99. The van der Waals surface area contributed by atoms with Crippen LogP contribution in [-0.2, 0) is 0 Å². The largest absolute Gasteiger partial charge is 0.478 e. The molecule has 2 amide bonds. The number of carbonyl (C=O) groups is 2. The molecule has 1 rings (SSSR count). The number of benzene rings is 1. The van der Waals surface area contributed by atoms with Crippen LogP contribution in [0.3, 0.4) is 0 Å². The lowest BCUT2D eigenvalue weighted by Gasteiger charge is -2.18. The van der Waals surface area contributed by atoms with Gasteiger partial charge in [0.15, 0.2) is 0 Å². The van der Waals surface area contributed by atoms with Gasteiger partial charge in [0.2, 0.25) is 0 Å². The van der Waals surface area contributed by atoms with E-state index in [1.54, 1.807) is 13.1 Å². The molecule has 0 bridgehead atoms. The van der Waals surface area contributed by atoms with Gasteiger partial charge >= 0.3 is 12.0 Å². The van der Waals surface area contributed by atoms with Gasteiger partial charge in [-0.05, 0) is 41.1 Å². The number of halogens is 1. The number of nitrogens with zero attached hydrogens (tertiary/aromatic N) is 1. The van der Waals surface area contributed by atoms with E-state index in [1.807, 2.05) is 6.92 Å². The molecule has 0 unspecified atom stereocenters. The Balaban J connectivity index is 2.86. The normalized spacial score (nSPS) is 9.84. The maximum Gasteiger partial charge on any atom is 0.335 e. The molecule has 5 nitrogen and oxygen atoms in total. The van der Waals surface area contributed by atoms with Crippen molar-refractivity contribution in [2.75, 3.05) is 18.9 Å². The monoisotopic (exact) mass is 326 g/mol. The van der Waals surface area contributed by atoms with Crippen LogP contribution in [0.15, 0.2) is 34.8 Å². The van der Waals surface area contributed by atoms with E-state index in [-0.39, 0.29) is 11.6 Å². The van der Waals surface area contributed by atoms with Gasteiger partial charge in [-0.25, -0.2) is 9.59 Å². The fourth-order valence-electron chi connectivity index (χ4n) is 1.44. The first kappa shape index (κ1) is 15.2. The highest BCUT2D eigenvalue weighted by Gasteiger charge is 2.12. The summed E-state index contributed by atoms with van der Waals surface area (Å²) in [5.74, 6) is -1.04. The topological polar surface area (TPSA) is 69.6 Å². The molecule has 0 aliphatic heterocycles. The first-order chi connectivity index (χ1) is 8.81. The molecule has 0 atom stereocenters. The smallest absolute Gasteiger partial charge is 0.335 e. The molecular weight excluding hydrogens is 312 g/mol.